The molecule has 0 aliphatic carbocycles. The number of nitrogens with two attached hydrogens (primary N) is 1. The van der Waals surface area contributed by atoms with Crippen LogP contribution in [-0.2, 0) is 9.59 Å². The quantitative estimate of drug-likeness (QED) is 0.639. The Balaban J connectivity index is 2.58. The first-order valence-corrected chi connectivity index (χ1v) is 7.04. The van der Waals surface area contributed by atoms with Gasteiger partial charge in [-0.2, -0.15) is 0 Å². The van der Waals surface area contributed by atoms with Crippen LogP contribution >= 0.6 is 0 Å². The van der Waals surface area contributed by atoms with Crippen molar-refractivity contribution in [1.29, 1.82) is 0 Å². The summed E-state index contributed by atoms with van der Waals surface area (Å²) < 4.78 is 0. The number of benzene rings is 1. The number of amides is 2. The molecule has 5 nitrogen and oxygen atoms in total. The Bertz CT molecular complexity index is 505. The van der Waals surface area contributed by atoms with Gasteiger partial charge in [-0.25, -0.2) is 0 Å². The van der Waals surface area contributed by atoms with E-state index in [-0.39, 0.29) is 18.4 Å². The summed E-state index contributed by atoms with van der Waals surface area (Å²) in [5.41, 5.74) is 7.17. The molecule has 1 aromatic rings. The van der Waals surface area contributed by atoms with Crippen molar-refractivity contribution in [3.63, 3.8) is 0 Å². The van der Waals surface area contributed by atoms with Gasteiger partial charge in [-0.3, -0.25) is 9.59 Å². The molecule has 1 rings (SSSR count). The Kier molecular flexibility index (Phi) is 6.46. The van der Waals surface area contributed by atoms with E-state index in [1.165, 1.54) is 11.0 Å². The van der Waals surface area contributed by atoms with Gasteiger partial charge in [0.1, 0.15) is 0 Å². The van der Waals surface area contributed by atoms with Gasteiger partial charge in [0, 0.05) is 31.9 Å². The lowest BCUT2D eigenvalue weighted by molar-refractivity contribution is -0.136. The van der Waals surface area contributed by atoms with Gasteiger partial charge in [-0.15, -0.1) is 0 Å². The highest BCUT2D eigenvalue weighted by Gasteiger charge is 2.14. The van der Waals surface area contributed by atoms with Crippen molar-refractivity contribution in [3.05, 3.63) is 35.9 Å². The number of rotatable bonds is 6. The van der Waals surface area contributed by atoms with Crippen LogP contribution in [-0.4, -0.2) is 48.3 Å². The van der Waals surface area contributed by atoms with E-state index in [0.29, 0.717) is 18.8 Å². The molecule has 0 aromatic heterocycles. The lowest BCUT2D eigenvalue weighted by Gasteiger charge is -2.22. The van der Waals surface area contributed by atoms with Crippen LogP contribution in [0.25, 0.3) is 6.08 Å². The van der Waals surface area contributed by atoms with Crippen molar-refractivity contribution in [2.45, 2.75) is 13.8 Å². The normalized spacial score (nSPS) is 10.6. The van der Waals surface area contributed by atoms with Crippen molar-refractivity contribution in [2.75, 3.05) is 32.4 Å². The Hall–Kier alpha value is -2.30. The number of likely N-dealkylation sites (N-methyl/N-ethyl adjacent to an activating group) is 2. The summed E-state index contributed by atoms with van der Waals surface area (Å²) in [7, 11) is 1.62. The van der Waals surface area contributed by atoms with Gasteiger partial charge in [0.25, 0.3) is 0 Å². The van der Waals surface area contributed by atoms with E-state index in [2.05, 4.69) is 0 Å². The molecule has 0 spiro atoms. The first-order chi connectivity index (χ1) is 9.97. The maximum Gasteiger partial charge on any atom is 0.246 e. The molecule has 0 aliphatic rings. The second kappa shape index (κ2) is 8.09. The molecule has 0 radical (unpaired) electrons. The van der Waals surface area contributed by atoms with Crippen molar-refractivity contribution < 1.29 is 9.59 Å². The van der Waals surface area contributed by atoms with Crippen molar-refractivity contribution >= 4 is 23.6 Å². The molecule has 21 heavy (non-hydrogen) atoms. The van der Waals surface area contributed by atoms with E-state index in [1.807, 2.05) is 26.0 Å². The first kappa shape index (κ1) is 16.8. The fraction of sp³-hybridized carbons (Fsp3) is 0.375. The highest BCUT2D eigenvalue weighted by atomic mass is 16.2. The summed E-state index contributed by atoms with van der Waals surface area (Å²) in [6.45, 7) is 5.23. The van der Waals surface area contributed by atoms with Gasteiger partial charge in [0.05, 0.1) is 6.54 Å². The van der Waals surface area contributed by atoms with E-state index >= 15 is 0 Å². The molecular formula is C16H23N3O2. The smallest absolute Gasteiger partial charge is 0.246 e. The van der Waals surface area contributed by atoms with Gasteiger partial charge in [0.2, 0.25) is 11.8 Å². The molecule has 0 saturated carbocycles. The largest absolute Gasteiger partial charge is 0.399 e. The average Bonchev–Trinajstić information content (AvgIpc) is 2.47. The van der Waals surface area contributed by atoms with Crippen molar-refractivity contribution in [2.24, 2.45) is 0 Å². The van der Waals surface area contributed by atoms with E-state index in [1.54, 1.807) is 30.2 Å². The summed E-state index contributed by atoms with van der Waals surface area (Å²) in [4.78, 5) is 27.0. The number of carbonyl (C=O) groups is 2. The number of nitrogens with zero attached hydrogens (tertiary/aromatic N) is 2. The molecule has 0 fully saturated rings. The molecule has 114 valence electrons. The fourth-order valence-corrected chi connectivity index (χ4v) is 1.86. The highest BCUT2D eigenvalue weighted by molar-refractivity contribution is 5.94. The van der Waals surface area contributed by atoms with Crippen LogP contribution in [0.2, 0.25) is 0 Å². The summed E-state index contributed by atoms with van der Waals surface area (Å²) >= 11 is 0. The third-order valence-corrected chi connectivity index (χ3v) is 3.22. The number of carbonyl (C=O) groups excluding carboxylic acids is 2. The van der Waals surface area contributed by atoms with Gasteiger partial charge in [0.15, 0.2) is 0 Å². The lowest BCUT2D eigenvalue weighted by atomic mass is 10.2. The number of nitrogen functional groups attached to an aromatic ring is 1. The molecule has 0 saturated heterocycles. The Morgan fingerprint density at radius 2 is 1.71 bits per heavy atom. The summed E-state index contributed by atoms with van der Waals surface area (Å²) in [5, 5.41) is 0. The molecule has 2 N–H and O–H groups in total. The van der Waals surface area contributed by atoms with Crippen LogP contribution in [0.1, 0.15) is 19.4 Å². The number of hydrogen-bond acceptors (Lipinski definition) is 3. The third kappa shape index (κ3) is 5.30. The first-order valence-electron chi connectivity index (χ1n) is 7.04. The zero-order chi connectivity index (χ0) is 15.8. The van der Waals surface area contributed by atoms with Crippen LogP contribution < -0.4 is 5.73 Å². The molecule has 0 bridgehead atoms. The molecule has 0 unspecified atom stereocenters. The van der Waals surface area contributed by atoms with E-state index in [9.17, 15) is 9.59 Å². The SMILES string of the molecule is CCN(CC)C(=O)CN(C)C(=O)/C=C/c1ccc(N)cc1. The zero-order valence-electron chi connectivity index (χ0n) is 12.9. The molecule has 2 amide bonds. The van der Waals surface area contributed by atoms with Gasteiger partial charge < -0.3 is 15.5 Å². The standard InChI is InChI=1S/C16H23N3O2/c1-4-19(5-2)16(21)12-18(3)15(20)11-8-13-6-9-14(17)10-7-13/h6-11H,4-5,12,17H2,1-3H3/b11-8+. The Labute approximate surface area is 126 Å². The van der Waals surface area contributed by atoms with Gasteiger partial charge in [-0.05, 0) is 37.6 Å². The van der Waals surface area contributed by atoms with Gasteiger partial charge >= 0.3 is 0 Å². The Morgan fingerprint density at radius 3 is 2.24 bits per heavy atom. The fourth-order valence-electron chi connectivity index (χ4n) is 1.86. The van der Waals surface area contributed by atoms with Crippen molar-refractivity contribution in [3.8, 4) is 0 Å². The maximum atomic E-state index is 12.0. The molecule has 0 atom stereocenters. The van der Waals surface area contributed by atoms with Crippen molar-refractivity contribution in [1.82, 2.24) is 9.80 Å². The average molecular weight is 289 g/mol. The van der Waals surface area contributed by atoms with Gasteiger partial charge in [-0.1, -0.05) is 12.1 Å². The molecule has 1 aromatic carbocycles. The molecular weight excluding hydrogens is 266 g/mol. The molecule has 0 aliphatic heterocycles. The minimum Gasteiger partial charge on any atom is -0.399 e. The van der Waals surface area contributed by atoms with E-state index < -0.39 is 0 Å². The minimum atomic E-state index is -0.202. The van der Waals surface area contributed by atoms with Crippen LogP contribution in [0.5, 0.6) is 0 Å². The number of hydrogen-bond donors (Lipinski definition) is 1. The molecule has 0 heterocycles. The summed E-state index contributed by atoms with van der Waals surface area (Å²) in [5.74, 6) is -0.246. The second-order valence-corrected chi connectivity index (χ2v) is 4.76. The maximum absolute atomic E-state index is 12.0. The Morgan fingerprint density at radius 1 is 1.14 bits per heavy atom. The topological polar surface area (TPSA) is 66.6 Å². The lowest BCUT2D eigenvalue weighted by Crippen LogP contribution is -2.40. The predicted molar refractivity (Wildman–Crippen MR) is 85.5 cm³/mol. The monoisotopic (exact) mass is 289 g/mol. The summed E-state index contributed by atoms with van der Waals surface area (Å²) in [6, 6.07) is 7.22. The van der Waals surface area contributed by atoms with Crippen LogP contribution in [0.4, 0.5) is 5.69 Å². The predicted octanol–water partition coefficient (Wildman–Crippen LogP) is 1.61. The van der Waals surface area contributed by atoms with Crippen LogP contribution in [0.3, 0.4) is 0 Å². The summed E-state index contributed by atoms with van der Waals surface area (Å²) in [6.07, 6.45) is 3.17. The highest BCUT2D eigenvalue weighted by Crippen LogP contribution is 2.07. The third-order valence-electron chi connectivity index (χ3n) is 3.22. The number of anilines is 1. The van der Waals surface area contributed by atoms with Crippen LogP contribution in [0, 0.1) is 0 Å². The van der Waals surface area contributed by atoms with E-state index in [0.717, 1.165) is 5.56 Å². The van der Waals surface area contributed by atoms with E-state index in [4.69, 9.17) is 5.73 Å². The minimum absolute atomic E-state index is 0.0447. The molecule has 5 heteroatoms. The second-order valence-electron chi connectivity index (χ2n) is 4.76. The zero-order valence-corrected chi connectivity index (χ0v) is 12.9. The van der Waals surface area contributed by atoms with Crippen LogP contribution in [0.15, 0.2) is 30.3 Å².